The molecule has 2 rings (SSSR count). The zero-order valence-corrected chi connectivity index (χ0v) is 11.4. The molecule has 1 aromatic carbocycles. The van der Waals surface area contributed by atoms with Gasteiger partial charge in [-0.1, -0.05) is 0 Å². The fourth-order valence-electron chi connectivity index (χ4n) is 1.82. The summed E-state index contributed by atoms with van der Waals surface area (Å²) in [6, 6.07) is 4.60. The first-order valence-electron chi connectivity index (χ1n) is 5.89. The largest absolute Gasteiger partial charge is 0.395 e. The van der Waals surface area contributed by atoms with Gasteiger partial charge in [0.15, 0.2) is 0 Å². The van der Waals surface area contributed by atoms with Gasteiger partial charge in [-0.3, -0.25) is 14.2 Å². The molecule has 0 saturated heterocycles. The number of aliphatic hydroxyl groups is 1. The van der Waals surface area contributed by atoms with Crippen molar-refractivity contribution in [3.63, 3.8) is 0 Å². The number of benzene rings is 1. The molecule has 0 aliphatic carbocycles. The van der Waals surface area contributed by atoms with Crippen LogP contribution in [0, 0.1) is 5.82 Å². The van der Waals surface area contributed by atoms with Crippen molar-refractivity contribution >= 4 is 16.8 Å². The van der Waals surface area contributed by atoms with Gasteiger partial charge in [0.25, 0.3) is 10.8 Å². The number of carbonyl (C=O) groups excluding carboxylic acids is 1. The van der Waals surface area contributed by atoms with Gasteiger partial charge >= 0.3 is 5.69 Å². The first-order chi connectivity index (χ1) is 9.95. The van der Waals surface area contributed by atoms with Crippen LogP contribution in [0.2, 0.25) is 0 Å². The molecule has 0 bridgehead atoms. The molecule has 6 nitrogen and oxygen atoms in total. The molecule has 1 heterocycles. The molecule has 110 valence electrons. The second-order valence-electron chi connectivity index (χ2n) is 4.13. The molecule has 0 aliphatic rings. The lowest BCUT2D eigenvalue weighted by Crippen LogP contribution is -2.41. The third-order valence-electron chi connectivity index (χ3n) is 2.79. The summed E-state index contributed by atoms with van der Waals surface area (Å²) in [5.41, 5.74) is -1.98. The van der Waals surface area contributed by atoms with E-state index in [1.807, 2.05) is 0 Å². The van der Waals surface area contributed by atoms with E-state index in [1.165, 1.54) is 12.1 Å². The Balaban J connectivity index is 2.80. The maximum Gasteiger partial charge on any atom is 0.335 e. The van der Waals surface area contributed by atoms with Crippen LogP contribution >= 0.6 is 11.6 Å². The van der Waals surface area contributed by atoms with Crippen molar-refractivity contribution in [1.29, 1.82) is 0 Å². The van der Waals surface area contributed by atoms with Crippen molar-refractivity contribution in [2.45, 2.75) is 6.54 Å². The first kappa shape index (κ1) is 15.1. The van der Waals surface area contributed by atoms with Crippen molar-refractivity contribution in [1.82, 2.24) is 9.13 Å². The maximum atomic E-state index is 12.9. The number of aliphatic hydroxyl groups excluding tert-OH is 1. The van der Waals surface area contributed by atoms with E-state index in [2.05, 4.69) is 0 Å². The van der Waals surface area contributed by atoms with Crippen LogP contribution in [-0.2, 0) is 6.54 Å². The van der Waals surface area contributed by atoms with Crippen LogP contribution in [0.15, 0.2) is 40.1 Å². The van der Waals surface area contributed by atoms with Crippen LogP contribution in [0.5, 0.6) is 0 Å². The summed E-state index contributed by atoms with van der Waals surface area (Å²) in [5.74, 6) is -0.535. The van der Waals surface area contributed by atoms with E-state index in [-0.39, 0.29) is 18.8 Å². The van der Waals surface area contributed by atoms with E-state index in [0.717, 1.165) is 22.9 Å². The highest BCUT2D eigenvalue weighted by Gasteiger charge is 2.16. The summed E-state index contributed by atoms with van der Waals surface area (Å²) in [6.07, 6.45) is 0.996. The Kier molecular flexibility index (Phi) is 4.35. The molecule has 0 spiro atoms. The average Bonchev–Trinajstić information content (AvgIpc) is 2.44. The SMILES string of the molecule is O=C(Cl)c1cn(CCO)c(=O)n(-c2ccc(F)cc2)c1=O. The molecule has 0 radical (unpaired) electrons. The number of carbonyl (C=O) groups is 1. The quantitative estimate of drug-likeness (QED) is 0.834. The van der Waals surface area contributed by atoms with Crippen molar-refractivity contribution in [3.05, 3.63) is 62.7 Å². The second kappa shape index (κ2) is 6.02. The normalized spacial score (nSPS) is 10.6. The molecule has 0 amide bonds. The van der Waals surface area contributed by atoms with E-state index in [9.17, 15) is 18.8 Å². The summed E-state index contributed by atoms with van der Waals surface area (Å²) in [7, 11) is 0. The Bertz CT molecular complexity index is 795. The van der Waals surface area contributed by atoms with E-state index < -0.39 is 27.9 Å². The lowest BCUT2D eigenvalue weighted by atomic mass is 10.3. The zero-order chi connectivity index (χ0) is 15.6. The van der Waals surface area contributed by atoms with Gasteiger partial charge < -0.3 is 5.11 Å². The molecule has 8 heteroatoms. The van der Waals surface area contributed by atoms with Gasteiger partial charge in [0, 0.05) is 6.20 Å². The molecule has 0 unspecified atom stereocenters. The zero-order valence-electron chi connectivity index (χ0n) is 10.6. The summed E-state index contributed by atoms with van der Waals surface area (Å²) >= 11 is 5.33. The summed E-state index contributed by atoms with van der Waals surface area (Å²) in [5, 5.41) is 7.90. The average molecular weight is 313 g/mol. The van der Waals surface area contributed by atoms with Crippen LogP contribution in [0.3, 0.4) is 0 Å². The van der Waals surface area contributed by atoms with Gasteiger partial charge in [0.1, 0.15) is 11.4 Å². The fraction of sp³-hybridized carbons (Fsp3) is 0.154. The first-order valence-corrected chi connectivity index (χ1v) is 6.26. The van der Waals surface area contributed by atoms with E-state index in [1.54, 1.807) is 0 Å². The molecular formula is C13H10ClFN2O4. The number of hydrogen-bond donors (Lipinski definition) is 1. The summed E-state index contributed by atoms with van der Waals surface area (Å²) in [6.45, 7) is -0.477. The minimum Gasteiger partial charge on any atom is -0.395 e. The Morgan fingerprint density at radius 1 is 1.24 bits per heavy atom. The maximum absolute atomic E-state index is 12.9. The topological polar surface area (TPSA) is 81.3 Å². The van der Waals surface area contributed by atoms with Gasteiger partial charge in [-0.2, -0.15) is 0 Å². The van der Waals surface area contributed by atoms with Crippen molar-refractivity contribution in [2.75, 3.05) is 6.61 Å². The van der Waals surface area contributed by atoms with E-state index in [0.29, 0.717) is 4.57 Å². The predicted octanol–water partition coefficient (Wildman–Crippen LogP) is 0.510. The Labute approximate surface area is 122 Å². The number of halogens is 2. The van der Waals surface area contributed by atoms with Gasteiger partial charge in [-0.15, -0.1) is 0 Å². The molecule has 21 heavy (non-hydrogen) atoms. The Morgan fingerprint density at radius 2 is 1.86 bits per heavy atom. The number of hydrogen-bond acceptors (Lipinski definition) is 4. The van der Waals surface area contributed by atoms with E-state index in [4.69, 9.17) is 16.7 Å². The van der Waals surface area contributed by atoms with Crippen LogP contribution in [-0.4, -0.2) is 26.1 Å². The highest BCUT2D eigenvalue weighted by Crippen LogP contribution is 2.06. The van der Waals surface area contributed by atoms with Gasteiger partial charge in [0.2, 0.25) is 0 Å². The molecule has 0 atom stereocenters. The molecule has 2 aromatic rings. The Hall–Kier alpha value is -2.25. The molecular weight excluding hydrogens is 303 g/mol. The van der Waals surface area contributed by atoms with Crippen LogP contribution in [0.25, 0.3) is 5.69 Å². The third kappa shape index (κ3) is 2.93. The molecule has 0 fully saturated rings. The molecule has 0 aliphatic heterocycles. The minimum absolute atomic E-state index is 0.0952. The summed E-state index contributed by atoms with van der Waals surface area (Å²) in [4.78, 5) is 35.7. The predicted molar refractivity (Wildman–Crippen MR) is 73.5 cm³/mol. The lowest BCUT2D eigenvalue weighted by molar-refractivity contribution is 0.107. The van der Waals surface area contributed by atoms with Gasteiger partial charge in [0.05, 0.1) is 18.8 Å². The molecule has 1 N–H and O–H groups in total. The van der Waals surface area contributed by atoms with Crippen LogP contribution in [0.4, 0.5) is 4.39 Å². The third-order valence-corrected chi connectivity index (χ3v) is 3.00. The number of rotatable bonds is 4. The Morgan fingerprint density at radius 3 is 2.38 bits per heavy atom. The minimum atomic E-state index is -1.03. The second-order valence-corrected chi connectivity index (χ2v) is 4.48. The summed E-state index contributed by atoms with van der Waals surface area (Å²) < 4.78 is 14.6. The fourth-order valence-corrected chi connectivity index (χ4v) is 1.95. The molecule has 1 aromatic heterocycles. The van der Waals surface area contributed by atoms with Crippen molar-refractivity contribution in [3.8, 4) is 5.69 Å². The van der Waals surface area contributed by atoms with E-state index >= 15 is 0 Å². The lowest BCUT2D eigenvalue weighted by Gasteiger charge is -2.10. The number of nitrogens with zero attached hydrogens (tertiary/aromatic N) is 2. The standard InChI is InChI=1S/C13H10ClFN2O4/c14-11(19)10-7-16(5-6-18)13(21)17(12(10)20)9-3-1-8(15)2-4-9/h1-4,7,18H,5-6H2. The smallest absolute Gasteiger partial charge is 0.335 e. The van der Waals surface area contributed by atoms with Crippen LogP contribution < -0.4 is 11.2 Å². The highest BCUT2D eigenvalue weighted by atomic mass is 35.5. The van der Waals surface area contributed by atoms with Gasteiger partial charge in [-0.05, 0) is 35.9 Å². The van der Waals surface area contributed by atoms with Crippen molar-refractivity contribution in [2.24, 2.45) is 0 Å². The monoisotopic (exact) mass is 312 g/mol. The van der Waals surface area contributed by atoms with Crippen molar-refractivity contribution < 1.29 is 14.3 Å². The molecule has 0 saturated carbocycles. The van der Waals surface area contributed by atoms with Crippen LogP contribution in [0.1, 0.15) is 10.4 Å². The number of aromatic nitrogens is 2. The van der Waals surface area contributed by atoms with Gasteiger partial charge in [-0.25, -0.2) is 13.8 Å². The highest BCUT2D eigenvalue weighted by molar-refractivity contribution is 6.67.